The molecule has 1 saturated carbocycles. The fourth-order valence-electron chi connectivity index (χ4n) is 2.49. The summed E-state index contributed by atoms with van der Waals surface area (Å²) in [6.07, 6.45) is 8.33. The maximum absolute atomic E-state index is 10.3. The number of hydrogen-bond acceptors (Lipinski definition) is 4. The van der Waals surface area contributed by atoms with Crippen LogP contribution in [0, 0.1) is 11.8 Å². The van der Waals surface area contributed by atoms with E-state index in [9.17, 15) is 9.59 Å². The standard InChI is InChI=1S/C12H18N2O2/c1-10-3-2-4-12(14-9-16)6-11(5-10)7-13-8-15/h10-12H,2-7H2,1H3. The van der Waals surface area contributed by atoms with Crippen LogP contribution in [0.15, 0.2) is 9.98 Å². The molecule has 0 amide bonds. The van der Waals surface area contributed by atoms with E-state index in [1.807, 2.05) is 0 Å². The predicted molar refractivity (Wildman–Crippen MR) is 60.6 cm³/mol. The third-order valence-corrected chi connectivity index (χ3v) is 3.22. The molecule has 88 valence electrons. The lowest BCUT2D eigenvalue weighted by Gasteiger charge is -2.25. The van der Waals surface area contributed by atoms with Crippen molar-refractivity contribution in [2.24, 2.45) is 21.8 Å². The molecule has 1 rings (SSSR count). The molecule has 0 aromatic carbocycles. The highest BCUT2D eigenvalue weighted by molar-refractivity contribution is 5.33. The van der Waals surface area contributed by atoms with E-state index in [-0.39, 0.29) is 6.04 Å². The van der Waals surface area contributed by atoms with Crippen LogP contribution >= 0.6 is 0 Å². The number of hydrogen-bond donors (Lipinski definition) is 0. The van der Waals surface area contributed by atoms with E-state index in [1.54, 1.807) is 12.2 Å². The Labute approximate surface area is 95.9 Å². The number of aliphatic imine (C=N–C) groups is 2. The highest BCUT2D eigenvalue weighted by Crippen LogP contribution is 2.28. The highest BCUT2D eigenvalue weighted by Gasteiger charge is 2.21. The molecule has 0 aliphatic heterocycles. The summed E-state index contributed by atoms with van der Waals surface area (Å²) in [4.78, 5) is 27.9. The molecule has 4 nitrogen and oxygen atoms in total. The van der Waals surface area contributed by atoms with E-state index in [4.69, 9.17) is 0 Å². The molecule has 0 aromatic heterocycles. The zero-order valence-corrected chi connectivity index (χ0v) is 9.69. The van der Waals surface area contributed by atoms with Crippen molar-refractivity contribution in [3.63, 3.8) is 0 Å². The quantitative estimate of drug-likeness (QED) is 0.543. The second-order valence-electron chi connectivity index (χ2n) is 4.68. The van der Waals surface area contributed by atoms with Crippen molar-refractivity contribution in [1.29, 1.82) is 0 Å². The Balaban J connectivity index is 2.61. The Hall–Kier alpha value is -1.24. The Morgan fingerprint density at radius 1 is 1.19 bits per heavy atom. The molecule has 1 fully saturated rings. The Bertz CT molecular complexity index is 304. The van der Waals surface area contributed by atoms with Gasteiger partial charge in [0.25, 0.3) is 0 Å². The molecule has 0 saturated heterocycles. The molecule has 4 heteroatoms. The molecule has 3 atom stereocenters. The van der Waals surface area contributed by atoms with E-state index in [1.165, 1.54) is 0 Å². The summed E-state index contributed by atoms with van der Waals surface area (Å²) in [6, 6.07) is 0.0665. The van der Waals surface area contributed by atoms with Gasteiger partial charge in [-0.3, -0.25) is 0 Å². The number of nitrogens with zero attached hydrogens (tertiary/aromatic N) is 2. The first-order valence-electron chi connectivity index (χ1n) is 5.86. The molecule has 1 aliphatic carbocycles. The molecular weight excluding hydrogens is 204 g/mol. The number of rotatable bonds is 3. The van der Waals surface area contributed by atoms with Gasteiger partial charge in [-0.05, 0) is 31.1 Å². The predicted octanol–water partition coefficient (Wildman–Crippen LogP) is 2.24. The second kappa shape index (κ2) is 7.10. The molecule has 0 heterocycles. The van der Waals surface area contributed by atoms with Gasteiger partial charge in [0.2, 0.25) is 12.2 Å². The van der Waals surface area contributed by atoms with Crippen molar-refractivity contribution < 1.29 is 9.59 Å². The Kier molecular flexibility index (Phi) is 5.69. The van der Waals surface area contributed by atoms with Crippen molar-refractivity contribution in [2.45, 2.75) is 45.1 Å². The van der Waals surface area contributed by atoms with E-state index >= 15 is 0 Å². The summed E-state index contributed by atoms with van der Waals surface area (Å²) in [5.74, 6) is 1.01. The van der Waals surface area contributed by atoms with Gasteiger partial charge in [-0.2, -0.15) is 0 Å². The SMILES string of the molecule is CC1CCCC(N=C=O)CC(CN=C=O)C1. The minimum Gasteiger partial charge on any atom is -0.211 e. The van der Waals surface area contributed by atoms with Gasteiger partial charge in [-0.15, -0.1) is 0 Å². The van der Waals surface area contributed by atoms with E-state index in [0.717, 1.165) is 32.1 Å². The minimum absolute atomic E-state index is 0.0665. The van der Waals surface area contributed by atoms with Gasteiger partial charge in [0.05, 0.1) is 12.6 Å². The zero-order valence-electron chi connectivity index (χ0n) is 9.69. The van der Waals surface area contributed by atoms with Gasteiger partial charge in [0, 0.05) is 0 Å². The van der Waals surface area contributed by atoms with Crippen LogP contribution in [-0.4, -0.2) is 24.7 Å². The average Bonchev–Trinajstić information content (AvgIpc) is 2.23. The maximum Gasteiger partial charge on any atom is 0.235 e. The summed E-state index contributed by atoms with van der Waals surface area (Å²) in [5, 5.41) is 0. The summed E-state index contributed by atoms with van der Waals surface area (Å²) in [6.45, 7) is 2.74. The zero-order chi connectivity index (χ0) is 11.8. The average molecular weight is 222 g/mol. The van der Waals surface area contributed by atoms with Crippen LogP contribution in [0.25, 0.3) is 0 Å². The van der Waals surface area contributed by atoms with E-state index < -0.39 is 0 Å². The Morgan fingerprint density at radius 2 is 2.00 bits per heavy atom. The summed E-state index contributed by atoms with van der Waals surface area (Å²) in [7, 11) is 0. The van der Waals surface area contributed by atoms with Crippen molar-refractivity contribution in [2.75, 3.05) is 6.54 Å². The highest BCUT2D eigenvalue weighted by atomic mass is 16.1. The summed E-state index contributed by atoms with van der Waals surface area (Å²) < 4.78 is 0. The first kappa shape index (κ1) is 12.8. The van der Waals surface area contributed by atoms with Crippen LogP contribution in [0.1, 0.15) is 39.0 Å². The number of carbonyl (C=O) groups excluding carboxylic acids is 2. The fraction of sp³-hybridized carbons (Fsp3) is 0.833. The summed E-state index contributed by atoms with van der Waals surface area (Å²) in [5.41, 5.74) is 0. The second-order valence-corrected chi connectivity index (χ2v) is 4.68. The van der Waals surface area contributed by atoms with Gasteiger partial charge >= 0.3 is 0 Å². The van der Waals surface area contributed by atoms with Crippen molar-refractivity contribution >= 4 is 12.2 Å². The van der Waals surface area contributed by atoms with Crippen molar-refractivity contribution in [1.82, 2.24) is 0 Å². The van der Waals surface area contributed by atoms with Gasteiger partial charge in [-0.1, -0.05) is 19.8 Å². The lowest BCUT2D eigenvalue weighted by molar-refractivity contribution is 0.297. The fourth-order valence-corrected chi connectivity index (χ4v) is 2.49. The lowest BCUT2D eigenvalue weighted by atomic mass is 9.83. The van der Waals surface area contributed by atoms with Crippen LogP contribution in [0.4, 0.5) is 0 Å². The van der Waals surface area contributed by atoms with E-state index in [0.29, 0.717) is 18.4 Å². The molecule has 1 aliphatic rings. The van der Waals surface area contributed by atoms with Gasteiger partial charge in [-0.25, -0.2) is 19.6 Å². The monoisotopic (exact) mass is 222 g/mol. The molecule has 16 heavy (non-hydrogen) atoms. The number of isocyanates is 2. The van der Waals surface area contributed by atoms with Crippen molar-refractivity contribution in [3.8, 4) is 0 Å². The minimum atomic E-state index is 0.0665. The largest absolute Gasteiger partial charge is 0.235 e. The van der Waals surface area contributed by atoms with Crippen molar-refractivity contribution in [3.05, 3.63) is 0 Å². The van der Waals surface area contributed by atoms with Gasteiger partial charge < -0.3 is 0 Å². The lowest BCUT2D eigenvalue weighted by Crippen LogP contribution is -2.20. The topological polar surface area (TPSA) is 58.9 Å². The normalized spacial score (nSPS) is 30.4. The molecule has 0 radical (unpaired) electrons. The molecule has 3 unspecified atom stereocenters. The third-order valence-electron chi connectivity index (χ3n) is 3.22. The molecular formula is C12H18N2O2. The first-order chi connectivity index (χ1) is 7.76. The van der Waals surface area contributed by atoms with Gasteiger partial charge in [0.15, 0.2) is 0 Å². The van der Waals surface area contributed by atoms with E-state index in [2.05, 4.69) is 16.9 Å². The van der Waals surface area contributed by atoms with Crippen LogP contribution < -0.4 is 0 Å². The molecule has 0 spiro atoms. The van der Waals surface area contributed by atoms with Crippen LogP contribution in [-0.2, 0) is 9.59 Å². The molecule has 0 aromatic rings. The molecule has 0 N–H and O–H groups in total. The maximum atomic E-state index is 10.3. The third kappa shape index (κ3) is 4.52. The summed E-state index contributed by atoms with van der Waals surface area (Å²) >= 11 is 0. The van der Waals surface area contributed by atoms with Gasteiger partial charge in [0.1, 0.15) is 0 Å². The Morgan fingerprint density at radius 3 is 2.69 bits per heavy atom. The first-order valence-corrected chi connectivity index (χ1v) is 5.86. The van der Waals surface area contributed by atoms with Crippen LogP contribution in [0.3, 0.4) is 0 Å². The van der Waals surface area contributed by atoms with Crippen LogP contribution in [0.5, 0.6) is 0 Å². The smallest absolute Gasteiger partial charge is 0.211 e. The van der Waals surface area contributed by atoms with Crippen LogP contribution in [0.2, 0.25) is 0 Å². The molecule has 0 bridgehead atoms.